The lowest BCUT2D eigenvalue weighted by Gasteiger charge is -2.55. The van der Waals surface area contributed by atoms with Crippen molar-refractivity contribution in [2.24, 2.45) is 17.8 Å². The van der Waals surface area contributed by atoms with E-state index >= 15 is 0 Å². The van der Waals surface area contributed by atoms with E-state index in [0.717, 1.165) is 24.2 Å². The predicted molar refractivity (Wildman–Crippen MR) is 118 cm³/mol. The first-order chi connectivity index (χ1) is 15.5. The summed E-state index contributed by atoms with van der Waals surface area (Å²) in [5.74, 6) is 2.11. The third kappa shape index (κ3) is 3.55. The average molecular weight is 437 g/mol. The summed E-state index contributed by atoms with van der Waals surface area (Å²) in [6, 6.07) is 13.0. The first-order valence-electron chi connectivity index (χ1n) is 11.1. The Morgan fingerprint density at radius 3 is 2.72 bits per heavy atom. The number of carbonyl (C=O) groups is 2. The molecule has 3 aliphatic carbocycles. The van der Waals surface area contributed by atoms with Crippen LogP contribution in [0.1, 0.15) is 41.6 Å². The van der Waals surface area contributed by atoms with Gasteiger partial charge in [-0.3, -0.25) is 9.59 Å². The largest absolute Gasteiger partial charge is 0.497 e. The van der Waals surface area contributed by atoms with Crippen molar-refractivity contribution in [3.63, 3.8) is 0 Å². The third-order valence-corrected chi connectivity index (χ3v) is 7.21. The maximum Gasteiger partial charge on any atom is 0.258 e. The summed E-state index contributed by atoms with van der Waals surface area (Å²) >= 11 is 0. The van der Waals surface area contributed by atoms with Crippen LogP contribution in [0, 0.1) is 17.8 Å². The fourth-order valence-electron chi connectivity index (χ4n) is 5.54. The Hall–Kier alpha value is -3.22. The minimum atomic E-state index is -0.747. The predicted octanol–water partition coefficient (Wildman–Crippen LogP) is 3.27. The van der Waals surface area contributed by atoms with Gasteiger partial charge in [0.1, 0.15) is 17.2 Å². The molecule has 2 amide bonds. The van der Waals surface area contributed by atoms with Crippen molar-refractivity contribution in [3.05, 3.63) is 53.6 Å². The summed E-state index contributed by atoms with van der Waals surface area (Å²) in [6.45, 7) is 0.468. The third-order valence-electron chi connectivity index (χ3n) is 7.21. The number of ether oxygens (including phenoxy) is 3. The van der Waals surface area contributed by atoms with Crippen LogP contribution in [0.15, 0.2) is 42.5 Å². The summed E-state index contributed by atoms with van der Waals surface area (Å²) in [5.41, 5.74) is 0.775. The molecule has 3 fully saturated rings. The molecule has 6 rings (SSSR count). The molecule has 32 heavy (non-hydrogen) atoms. The van der Waals surface area contributed by atoms with Crippen LogP contribution in [0.25, 0.3) is 0 Å². The van der Waals surface area contributed by atoms with Crippen molar-refractivity contribution in [1.82, 2.24) is 10.6 Å². The van der Waals surface area contributed by atoms with Gasteiger partial charge in [0.05, 0.1) is 19.8 Å². The fourth-order valence-corrected chi connectivity index (χ4v) is 5.54. The van der Waals surface area contributed by atoms with Gasteiger partial charge < -0.3 is 24.8 Å². The van der Waals surface area contributed by atoms with E-state index in [9.17, 15) is 9.59 Å². The fraction of sp³-hybridized carbons (Fsp3) is 0.440. The molecule has 4 aliphatic rings. The smallest absolute Gasteiger partial charge is 0.258 e. The van der Waals surface area contributed by atoms with E-state index in [-0.39, 0.29) is 29.6 Å². The number of hydrogen-bond acceptors (Lipinski definition) is 5. The summed E-state index contributed by atoms with van der Waals surface area (Å²) in [6.07, 6.45) is 3.24. The van der Waals surface area contributed by atoms with Gasteiger partial charge in [-0.25, -0.2) is 0 Å². The van der Waals surface area contributed by atoms with E-state index in [4.69, 9.17) is 14.2 Å². The summed E-state index contributed by atoms with van der Waals surface area (Å²) in [5, 5.41) is 6.24. The van der Waals surface area contributed by atoms with Crippen molar-refractivity contribution in [2.75, 3.05) is 14.2 Å². The minimum Gasteiger partial charge on any atom is -0.497 e. The number of hydrogen-bond donors (Lipinski definition) is 2. The zero-order valence-electron chi connectivity index (χ0n) is 18.4. The Morgan fingerprint density at radius 2 is 1.97 bits per heavy atom. The lowest BCUT2D eigenvalue weighted by Crippen LogP contribution is -2.66. The molecule has 2 N–H and O–H groups in total. The van der Waals surface area contributed by atoms with Gasteiger partial charge in [0.2, 0.25) is 5.91 Å². The second kappa shape index (κ2) is 8.04. The second-order valence-electron chi connectivity index (χ2n) is 8.96. The molecule has 7 heteroatoms. The standard InChI is InChI=1S/C25H28N2O5/c1-30-18-5-3-4-15(10-18)14-26-23(28)21-11-17-7-6-16(21)13-25(17)27-24(29)20-9-8-19(31-2)12-22(20)32-25/h3-5,8-10,12,16-17,21H,6-7,11,13-14H2,1-2H3,(H,26,28)(H,27,29)/t16-,17+,21+,25-/m0/s1. The van der Waals surface area contributed by atoms with E-state index in [1.807, 2.05) is 24.3 Å². The molecule has 1 spiro atoms. The van der Waals surface area contributed by atoms with Gasteiger partial charge in [0.25, 0.3) is 5.91 Å². The van der Waals surface area contributed by atoms with Gasteiger partial charge in [-0.1, -0.05) is 12.1 Å². The van der Waals surface area contributed by atoms with Crippen LogP contribution in [0.3, 0.4) is 0 Å². The molecule has 3 saturated carbocycles. The van der Waals surface area contributed by atoms with Crippen molar-refractivity contribution in [1.29, 1.82) is 0 Å². The number of amides is 2. The highest BCUT2D eigenvalue weighted by molar-refractivity contribution is 5.98. The monoisotopic (exact) mass is 436 g/mol. The van der Waals surface area contributed by atoms with Gasteiger partial charge in [0, 0.05) is 30.9 Å². The zero-order chi connectivity index (χ0) is 22.3. The number of fused-ring (bicyclic) bond motifs is 3. The van der Waals surface area contributed by atoms with E-state index in [1.54, 1.807) is 32.4 Å². The summed E-state index contributed by atoms with van der Waals surface area (Å²) < 4.78 is 17.0. The Morgan fingerprint density at radius 1 is 1.16 bits per heavy atom. The molecule has 7 nitrogen and oxygen atoms in total. The summed E-state index contributed by atoms with van der Waals surface area (Å²) in [4.78, 5) is 25.9. The highest BCUT2D eigenvalue weighted by Gasteiger charge is 2.57. The van der Waals surface area contributed by atoms with Crippen LogP contribution in [0.5, 0.6) is 17.2 Å². The van der Waals surface area contributed by atoms with Crippen molar-refractivity contribution in [3.8, 4) is 17.2 Å². The number of methoxy groups -OCH3 is 2. The molecule has 2 aromatic rings. The van der Waals surface area contributed by atoms with Gasteiger partial charge in [0.15, 0.2) is 5.72 Å². The van der Waals surface area contributed by atoms with Crippen LogP contribution in [-0.4, -0.2) is 31.8 Å². The topological polar surface area (TPSA) is 85.9 Å². The quantitative estimate of drug-likeness (QED) is 0.751. The van der Waals surface area contributed by atoms with Crippen molar-refractivity contribution < 1.29 is 23.8 Å². The van der Waals surface area contributed by atoms with Crippen LogP contribution >= 0.6 is 0 Å². The van der Waals surface area contributed by atoms with Crippen LogP contribution in [0.4, 0.5) is 0 Å². The van der Waals surface area contributed by atoms with Gasteiger partial charge in [-0.05, 0) is 55.0 Å². The highest BCUT2D eigenvalue weighted by Crippen LogP contribution is 2.52. The van der Waals surface area contributed by atoms with E-state index in [1.165, 1.54) is 0 Å². The molecule has 4 atom stereocenters. The molecular formula is C25H28N2O5. The van der Waals surface area contributed by atoms with Gasteiger partial charge in [-0.2, -0.15) is 0 Å². The number of benzene rings is 2. The first kappa shape index (κ1) is 20.7. The second-order valence-corrected chi connectivity index (χ2v) is 8.96. The molecule has 2 bridgehead atoms. The Kier molecular flexibility index (Phi) is 5.19. The van der Waals surface area contributed by atoms with E-state index in [0.29, 0.717) is 36.4 Å². The average Bonchev–Trinajstić information content (AvgIpc) is 2.82. The highest BCUT2D eigenvalue weighted by atomic mass is 16.5. The molecule has 1 heterocycles. The zero-order valence-corrected chi connectivity index (χ0v) is 18.4. The van der Waals surface area contributed by atoms with E-state index in [2.05, 4.69) is 10.6 Å². The first-order valence-corrected chi connectivity index (χ1v) is 11.1. The Bertz CT molecular complexity index is 1050. The molecule has 0 aromatic heterocycles. The molecule has 1 aliphatic heterocycles. The number of nitrogens with one attached hydrogen (secondary N) is 2. The molecule has 2 aromatic carbocycles. The molecule has 0 unspecified atom stereocenters. The number of carbonyl (C=O) groups excluding carboxylic acids is 2. The maximum absolute atomic E-state index is 13.0. The normalized spacial score (nSPS) is 27.8. The summed E-state index contributed by atoms with van der Waals surface area (Å²) in [7, 11) is 3.23. The lowest BCUT2D eigenvalue weighted by molar-refractivity contribution is -0.146. The molecular weight excluding hydrogens is 408 g/mol. The van der Waals surface area contributed by atoms with Crippen molar-refractivity contribution >= 4 is 11.8 Å². The number of rotatable bonds is 5. The van der Waals surface area contributed by atoms with Crippen molar-refractivity contribution in [2.45, 2.75) is 38.0 Å². The van der Waals surface area contributed by atoms with Gasteiger partial charge in [-0.15, -0.1) is 0 Å². The Balaban J connectivity index is 1.29. The Labute approximate surface area is 187 Å². The minimum absolute atomic E-state index is 0.0709. The van der Waals surface area contributed by atoms with Gasteiger partial charge >= 0.3 is 0 Å². The van der Waals surface area contributed by atoms with Crippen LogP contribution in [-0.2, 0) is 11.3 Å². The molecule has 168 valence electrons. The maximum atomic E-state index is 13.0. The lowest BCUT2D eigenvalue weighted by atomic mass is 9.60. The molecule has 0 radical (unpaired) electrons. The molecule has 0 saturated heterocycles. The van der Waals surface area contributed by atoms with E-state index < -0.39 is 5.72 Å². The SMILES string of the molecule is COc1cccc(CNC(=O)[C@@H]2C[C@H]3CC[C@H]2C[C@@]32NC(=O)c3ccc(OC)cc3O2)c1. The van der Waals surface area contributed by atoms with Crippen LogP contribution in [0.2, 0.25) is 0 Å². The van der Waals surface area contributed by atoms with Crippen LogP contribution < -0.4 is 24.8 Å².